The highest BCUT2D eigenvalue weighted by Gasteiger charge is 2.39. The normalized spacial score (nSPS) is 25.5. The van der Waals surface area contributed by atoms with Crippen LogP contribution >= 0.6 is 0 Å². The van der Waals surface area contributed by atoms with Crippen LogP contribution in [0.4, 0.5) is 0 Å². The highest BCUT2D eigenvalue weighted by atomic mass is 16.2. The number of carbonyl (C=O) groups is 1. The Labute approximate surface area is 95.2 Å². The first-order chi connectivity index (χ1) is 7.56. The fourth-order valence-corrected chi connectivity index (χ4v) is 2.39. The Morgan fingerprint density at radius 1 is 1.62 bits per heavy atom. The fraction of sp³-hybridized carbons (Fsp3) is 0.636. The molecule has 2 N–H and O–H groups in total. The summed E-state index contributed by atoms with van der Waals surface area (Å²) in [5.41, 5.74) is 8.20. The van der Waals surface area contributed by atoms with Crippen molar-refractivity contribution in [2.45, 2.75) is 32.4 Å². The molecule has 0 aliphatic carbocycles. The van der Waals surface area contributed by atoms with E-state index < -0.39 is 0 Å². The Hall–Kier alpha value is -1.36. The van der Waals surface area contributed by atoms with E-state index >= 15 is 0 Å². The number of likely N-dealkylation sites (tertiary alicyclic amines) is 1. The van der Waals surface area contributed by atoms with Gasteiger partial charge in [0, 0.05) is 37.3 Å². The van der Waals surface area contributed by atoms with Gasteiger partial charge in [0.05, 0.1) is 12.2 Å². The van der Waals surface area contributed by atoms with Gasteiger partial charge >= 0.3 is 0 Å². The van der Waals surface area contributed by atoms with Crippen molar-refractivity contribution in [3.05, 3.63) is 17.5 Å². The van der Waals surface area contributed by atoms with Gasteiger partial charge in [-0.2, -0.15) is 5.10 Å². The topological polar surface area (TPSA) is 64.2 Å². The molecule has 0 aromatic carbocycles. The van der Waals surface area contributed by atoms with Gasteiger partial charge in [-0.1, -0.05) is 0 Å². The van der Waals surface area contributed by atoms with Crippen LogP contribution in [0.5, 0.6) is 0 Å². The molecule has 5 heteroatoms. The molecule has 2 atom stereocenters. The van der Waals surface area contributed by atoms with Crippen LogP contribution in [-0.4, -0.2) is 33.2 Å². The summed E-state index contributed by atoms with van der Waals surface area (Å²) in [5.74, 6) is 0.142. The number of hydrogen-bond acceptors (Lipinski definition) is 3. The summed E-state index contributed by atoms with van der Waals surface area (Å²) < 4.78 is 1.82. The minimum absolute atomic E-state index is 0.00815. The van der Waals surface area contributed by atoms with Gasteiger partial charge in [-0.3, -0.25) is 9.48 Å². The van der Waals surface area contributed by atoms with Crippen LogP contribution in [0.15, 0.2) is 6.20 Å². The minimum atomic E-state index is -0.115. The van der Waals surface area contributed by atoms with Crippen molar-refractivity contribution in [3.63, 3.8) is 0 Å². The van der Waals surface area contributed by atoms with E-state index in [0.717, 1.165) is 11.3 Å². The van der Waals surface area contributed by atoms with Crippen LogP contribution in [0.1, 0.15) is 30.6 Å². The van der Waals surface area contributed by atoms with Crippen molar-refractivity contribution in [1.82, 2.24) is 14.7 Å². The molecule has 0 saturated carbocycles. The third-order valence-electron chi connectivity index (χ3n) is 3.40. The minimum Gasteiger partial charge on any atom is -0.334 e. The SMILES string of the molecule is CCN1C(=O)C[C@H](N)[C@H]1c1cnn(C)c1C. The van der Waals surface area contributed by atoms with Crippen LogP contribution < -0.4 is 5.73 Å². The van der Waals surface area contributed by atoms with Crippen molar-refractivity contribution >= 4 is 5.91 Å². The zero-order valence-electron chi connectivity index (χ0n) is 9.97. The number of nitrogens with two attached hydrogens (primary N) is 1. The summed E-state index contributed by atoms with van der Waals surface area (Å²) in [6.45, 7) is 4.69. The van der Waals surface area contributed by atoms with Gasteiger partial charge in [-0.15, -0.1) is 0 Å². The lowest BCUT2D eigenvalue weighted by Gasteiger charge is -2.25. The average Bonchev–Trinajstić information content (AvgIpc) is 2.69. The third kappa shape index (κ3) is 1.51. The lowest BCUT2D eigenvalue weighted by atomic mass is 10.0. The van der Waals surface area contributed by atoms with Crippen molar-refractivity contribution in [2.24, 2.45) is 12.8 Å². The van der Waals surface area contributed by atoms with Crippen LogP contribution in [0, 0.1) is 6.92 Å². The molecule has 88 valence electrons. The molecule has 2 heterocycles. The molecular weight excluding hydrogens is 204 g/mol. The molecule has 1 aromatic rings. The summed E-state index contributed by atoms with van der Waals surface area (Å²) in [4.78, 5) is 13.6. The molecule has 0 radical (unpaired) electrons. The molecule has 16 heavy (non-hydrogen) atoms. The second-order valence-electron chi connectivity index (χ2n) is 4.30. The number of hydrogen-bond donors (Lipinski definition) is 1. The first-order valence-corrected chi connectivity index (χ1v) is 5.59. The lowest BCUT2D eigenvalue weighted by molar-refractivity contribution is -0.128. The van der Waals surface area contributed by atoms with Crippen molar-refractivity contribution in [3.8, 4) is 0 Å². The van der Waals surface area contributed by atoms with Gasteiger partial charge in [-0.05, 0) is 13.8 Å². The smallest absolute Gasteiger partial charge is 0.224 e. The maximum atomic E-state index is 11.7. The predicted molar refractivity (Wildman–Crippen MR) is 60.7 cm³/mol. The molecule has 0 unspecified atom stereocenters. The number of rotatable bonds is 2. The first kappa shape index (κ1) is 11.1. The van der Waals surface area contributed by atoms with Gasteiger partial charge in [0.25, 0.3) is 0 Å². The summed E-state index contributed by atoms with van der Waals surface area (Å²) in [5, 5.41) is 4.21. The van der Waals surface area contributed by atoms with E-state index in [4.69, 9.17) is 5.73 Å². The summed E-state index contributed by atoms with van der Waals surface area (Å²) in [6.07, 6.45) is 2.26. The molecule has 1 amide bonds. The number of aromatic nitrogens is 2. The lowest BCUT2D eigenvalue weighted by Crippen LogP contribution is -2.33. The van der Waals surface area contributed by atoms with Crippen LogP contribution in [0.25, 0.3) is 0 Å². The van der Waals surface area contributed by atoms with E-state index in [1.54, 1.807) is 0 Å². The maximum Gasteiger partial charge on any atom is 0.224 e. The van der Waals surface area contributed by atoms with Gasteiger partial charge in [0.1, 0.15) is 0 Å². The van der Waals surface area contributed by atoms with E-state index in [9.17, 15) is 4.79 Å². The first-order valence-electron chi connectivity index (χ1n) is 5.59. The van der Waals surface area contributed by atoms with E-state index in [1.807, 2.05) is 36.7 Å². The molecular formula is C11H18N4O. The standard InChI is InChI=1S/C11H18N4O/c1-4-15-10(16)5-9(12)11(15)8-6-13-14(3)7(8)2/h6,9,11H,4-5,12H2,1-3H3/t9-,11+/m0/s1. The second-order valence-corrected chi connectivity index (χ2v) is 4.30. The molecule has 5 nitrogen and oxygen atoms in total. The summed E-state index contributed by atoms with van der Waals surface area (Å²) >= 11 is 0. The molecule has 0 spiro atoms. The van der Waals surface area contributed by atoms with E-state index in [0.29, 0.717) is 13.0 Å². The quantitative estimate of drug-likeness (QED) is 0.785. The Morgan fingerprint density at radius 2 is 2.31 bits per heavy atom. The Balaban J connectivity index is 2.39. The molecule has 1 saturated heterocycles. The zero-order valence-corrected chi connectivity index (χ0v) is 9.97. The van der Waals surface area contributed by atoms with Crippen LogP contribution in [-0.2, 0) is 11.8 Å². The number of carbonyl (C=O) groups excluding carboxylic acids is 1. The largest absolute Gasteiger partial charge is 0.334 e. The van der Waals surface area contributed by atoms with Gasteiger partial charge in [0.15, 0.2) is 0 Å². The Kier molecular flexibility index (Phi) is 2.71. The van der Waals surface area contributed by atoms with Crippen molar-refractivity contribution < 1.29 is 4.79 Å². The van der Waals surface area contributed by atoms with E-state index in [2.05, 4.69) is 5.10 Å². The van der Waals surface area contributed by atoms with Gasteiger partial charge in [0.2, 0.25) is 5.91 Å². The third-order valence-corrected chi connectivity index (χ3v) is 3.40. The molecule has 1 fully saturated rings. The molecule has 1 aliphatic heterocycles. The molecule has 2 rings (SSSR count). The number of likely N-dealkylation sites (N-methyl/N-ethyl adjacent to an activating group) is 1. The molecule has 1 aliphatic rings. The van der Waals surface area contributed by atoms with E-state index in [-0.39, 0.29) is 18.0 Å². The average molecular weight is 222 g/mol. The highest BCUT2D eigenvalue weighted by molar-refractivity contribution is 5.80. The Morgan fingerprint density at radius 3 is 2.81 bits per heavy atom. The van der Waals surface area contributed by atoms with Crippen molar-refractivity contribution in [1.29, 1.82) is 0 Å². The van der Waals surface area contributed by atoms with Crippen molar-refractivity contribution in [2.75, 3.05) is 6.54 Å². The molecule has 1 aromatic heterocycles. The highest BCUT2D eigenvalue weighted by Crippen LogP contribution is 2.33. The molecule has 0 bridgehead atoms. The zero-order chi connectivity index (χ0) is 11.9. The monoisotopic (exact) mass is 222 g/mol. The summed E-state index contributed by atoms with van der Waals surface area (Å²) in [7, 11) is 1.90. The van der Waals surface area contributed by atoms with Gasteiger partial charge in [-0.25, -0.2) is 0 Å². The number of amides is 1. The van der Waals surface area contributed by atoms with E-state index in [1.165, 1.54) is 0 Å². The summed E-state index contributed by atoms with van der Waals surface area (Å²) in [6, 6.07) is -0.124. The second kappa shape index (κ2) is 3.90. The van der Waals surface area contributed by atoms with Crippen LogP contribution in [0.2, 0.25) is 0 Å². The predicted octanol–water partition coefficient (Wildman–Crippen LogP) is 0.349. The van der Waals surface area contributed by atoms with Gasteiger partial charge < -0.3 is 10.6 Å². The maximum absolute atomic E-state index is 11.7. The number of nitrogens with zero attached hydrogens (tertiary/aromatic N) is 3. The Bertz CT molecular complexity index is 412. The fourth-order valence-electron chi connectivity index (χ4n) is 2.39. The number of aryl methyl sites for hydroxylation is 1. The van der Waals surface area contributed by atoms with Crippen LogP contribution in [0.3, 0.4) is 0 Å².